The molecule has 1 N–H and O–H groups in total. The van der Waals surface area contributed by atoms with Crippen LogP contribution in [0.2, 0.25) is 5.02 Å². The van der Waals surface area contributed by atoms with Gasteiger partial charge in [-0.05, 0) is 87.1 Å². The molecule has 1 fully saturated rings. The standard InChI is InChI=1S/C21H24ClN3O3S/c1-15-7-10-19(13-16(15)2)25(14-21(26)24-23-18-5-3-4-6-18)29(27,28)20-11-8-17(22)9-12-20/h7-13H,3-6,14H2,1-2H3,(H,24,26). The number of aryl methyl sites for hydroxylation is 2. The van der Waals surface area contributed by atoms with Crippen molar-refractivity contribution in [3.05, 3.63) is 58.6 Å². The van der Waals surface area contributed by atoms with E-state index in [0.717, 1.165) is 46.8 Å². The first-order chi connectivity index (χ1) is 13.8. The van der Waals surface area contributed by atoms with Gasteiger partial charge in [-0.3, -0.25) is 9.10 Å². The molecule has 1 aliphatic rings. The summed E-state index contributed by atoms with van der Waals surface area (Å²) in [6, 6.07) is 11.2. The van der Waals surface area contributed by atoms with Gasteiger partial charge in [0.1, 0.15) is 6.54 Å². The number of rotatable bonds is 6. The molecule has 0 spiro atoms. The van der Waals surface area contributed by atoms with Crippen LogP contribution in [-0.2, 0) is 14.8 Å². The second-order valence-electron chi connectivity index (χ2n) is 7.15. The van der Waals surface area contributed by atoms with Gasteiger partial charge in [0.2, 0.25) is 0 Å². The second-order valence-corrected chi connectivity index (χ2v) is 9.45. The van der Waals surface area contributed by atoms with Gasteiger partial charge >= 0.3 is 0 Å². The predicted molar refractivity (Wildman–Crippen MR) is 116 cm³/mol. The molecule has 0 aliphatic heterocycles. The third-order valence-corrected chi connectivity index (χ3v) is 7.03. The third-order valence-electron chi connectivity index (χ3n) is 4.99. The number of benzene rings is 2. The lowest BCUT2D eigenvalue weighted by Crippen LogP contribution is -2.39. The summed E-state index contributed by atoms with van der Waals surface area (Å²) in [6.07, 6.45) is 3.86. The van der Waals surface area contributed by atoms with Crippen molar-refractivity contribution in [2.75, 3.05) is 10.8 Å². The van der Waals surface area contributed by atoms with Crippen molar-refractivity contribution in [2.45, 2.75) is 44.4 Å². The molecule has 2 aromatic carbocycles. The van der Waals surface area contributed by atoms with Crippen molar-refractivity contribution in [3.63, 3.8) is 0 Å². The van der Waals surface area contributed by atoms with Crippen LogP contribution in [0.4, 0.5) is 5.69 Å². The van der Waals surface area contributed by atoms with Crippen LogP contribution in [0.5, 0.6) is 0 Å². The summed E-state index contributed by atoms with van der Waals surface area (Å²) in [7, 11) is -3.97. The number of carbonyl (C=O) groups excluding carboxylic acids is 1. The molecule has 154 valence electrons. The van der Waals surface area contributed by atoms with Crippen molar-refractivity contribution in [1.29, 1.82) is 0 Å². The number of sulfonamides is 1. The lowest BCUT2D eigenvalue weighted by Gasteiger charge is -2.24. The van der Waals surface area contributed by atoms with Crippen LogP contribution in [-0.4, -0.2) is 26.6 Å². The van der Waals surface area contributed by atoms with Crippen molar-refractivity contribution in [1.82, 2.24) is 5.43 Å². The number of hydrogen-bond acceptors (Lipinski definition) is 4. The molecule has 3 rings (SSSR count). The topological polar surface area (TPSA) is 78.8 Å². The molecule has 0 heterocycles. The smallest absolute Gasteiger partial charge is 0.264 e. The zero-order valence-corrected chi connectivity index (χ0v) is 18.1. The fourth-order valence-electron chi connectivity index (χ4n) is 3.13. The van der Waals surface area contributed by atoms with Gasteiger partial charge in [-0.2, -0.15) is 5.10 Å². The molecule has 0 bridgehead atoms. The third kappa shape index (κ3) is 5.16. The van der Waals surface area contributed by atoms with Gasteiger partial charge in [0.15, 0.2) is 0 Å². The highest BCUT2D eigenvalue weighted by Gasteiger charge is 2.27. The minimum atomic E-state index is -3.97. The Labute approximate surface area is 176 Å². The summed E-state index contributed by atoms with van der Waals surface area (Å²) >= 11 is 5.90. The second kappa shape index (κ2) is 8.97. The Morgan fingerprint density at radius 3 is 2.34 bits per heavy atom. The molecule has 1 aliphatic carbocycles. The normalized spacial score (nSPS) is 14.0. The summed E-state index contributed by atoms with van der Waals surface area (Å²) in [6.45, 7) is 3.48. The predicted octanol–water partition coefficient (Wildman–Crippen LogP) is 4.20. The summed E-state index contributed by atoms with van der Waals surface area (Å²) in [4.78, 5) is 12.6. The number of nitrogens with one attached hydrogen (secondary N) is 1. The van der Waals surface area contributed by atoms with E-state index in [1.807, 2.05) is 19.9 Å². The highest BCUT2D eigenvalue weighted by atomic mass is 35.5. The van der Waals surface area contributed by atoms with E-state index in [2.05, 4.69) is 10.5 Å². The Balaban J connectivity index is 1.92. The maximum absolute atomic E-state index is 13.3. The number of halogens is 1. The van der Waals surface area contributed by atoms with Gasteiger partial charge in [0, 0.05) is 10.7 Å². The van der Waals surface area contributed by atoms with Gasteiger partial charge in [0.05, 0.1) is 10.6 Å². The molecule has 8 heteroatoms. The summed E-state index contributed by atoms with van der Waals surface area (Å²) in [5, 5.41) is 4.58. The largest absolute Gasteiger partial charge is 0.271 e. The molecule has 6 nitrogen and oxygen atoms in total. The van der Waals surface area contributed by atoms with E-state index in [-0.39, 0.29) is 11.4 Å². The van der Waals surface area contributed by atoms with E-state index in [1.54, 1.807) is 12.1 Å². The first-order valence-corrected chi connectivity index (χ1v) is 11.3. The Hall–Kier alpha value is -2.38. The number of hydrogen-bond donors (Lipinski definition) is 1. The summed E-state index contributed by atoms with van der Waals surface area (Å²) in [5.41, 5.74) is 5.84. The van der Waals surface area contributed by atoms with E-state index in [0.29, 0.717) is 10.7 Å². The summed E-state index contributed by atoms with van der Waals surface area (Å²) < 4.78 is 27.7. The number of amides is 1. The first kappa shape index (κ1) is 21.3. The minimum absolute atomic E-state index is 0.0648. The van der Waals surface area contributed by atoms with Gasteiger partial charge in [-0.25, -0.2) is 13.8 Å². The molecular formula is C21H24ClN3O3S. The number of hydrazone groups is 1. The maximum atomic E-state index is 13.3. The molecule has 1 saturated carbocycles. The van der Waals surface area contributed by atoms with Crippen LogP contribution >= 0.6 is 11.6 Å². The lowest BCUT2D eigenvalue weighted by atomic mass is 10.1. The molecule has 1 amide bonds. The van der Waals surface area contributed by atoms with Crippen LogP contribution in [0.1, 0.15) is 36.8 Å². The number of nitrogens with zero attached hydrogens (tertiary/aromatic N) is 2. The van der Waals surface area contributed by atoms with Crippen molar-refractivity contribution < 1.29 is 13.2 Å². The van der Waals surface area contributed by atoms with Gasteiger partial charge in [-0.1, -0.05) is 17.7 Å². The average molecular weight is 434 g/mol. The number of anilines is 1. The van der Waals surface area contributed by atoms with Gasteiger partial charge < -0.3 is 0 Å². The average Bonchev–Trinajstić information content (AvgIpc) is 3.21. The van der Waals surface area contributed by atoms with E-state index in [9.17, 15) is 13.2 Å². The first-order valence-electron chi connectivity index (χ1n) is 9.47. The van der Waals surface area contributed by atoms with E-state index >= 15 is 0 Å². The fraction of sp³-hybridized carbons (Fsp3) is 0.333. The Morgan fingerprint density at radius 1 is 1.07 bits per heavy atom. The molecule has 0 atom stereocenters. The molecule has 0 saturated heterocycles. The molecule has 29 heavy (non-hydrogen) atoms. The Morgan fingerprint density at radius 2 is 1.72 bits per heavy atom. The lowest BCUT2D eigenvalue weighted by molar-refractivity contribution is -0.119. The molecular weight excluding hydrogens is 410 g/mol. The highest BCUT2D eigenvalue weighted by Crippen LogP contribution is 2.26. The van der Waals surface area contributed by atoms with Crippen LogP contribution in [0.15, 0.2) is 52.5 Å². The van der Waals surface area contributed by atoms with Crippen LogP contribution < -0.4 is 9.73 Å². The van der Waals surface area contributed by atoms with E-state index in [4.69, 9.17) is 11.6 Å². The fourth-order valence-corrected chi connectivity index (χ4v) is 4.67. The van der Waals surface area contributed by atoms with E-state index in [1.165, 1.54) is 24.3 Å². The minimum Gasteiger partial charge on any atom is -0.271 e. The van der Waals surface area contributed by atoms with Crippen LogP contribution in [0.25, 0.3) is 0 Å². The number of carbonyl (C=O) groups is 1. The van der Waals surface area contributed by atoms with Crippen molar-refractivity contribution >= 4 is 38.9 Å². The van der Waals surface area contributed by atoms with Crippen LogP contribution in [0, 0.1) is 13.8 Å². The molecule has 2 aromatic rings. The molecule has 0 radical (unpaired) electrons. The molecule has 0 unspecified atom stereocenters. The Kier molecular flexibility index (Phi) is 6.59. The zero-order chi connectivity index (χ0) is 21.0. The van der Waals surface area contributed by atoms with Crippen molar-refractivity contribution in [2.24, 2.45) is 5.10 Å². The maximum Gasteiger partial charge on any atom is 0.264 e. The zero-order valence-electron chi connectivity index (χ0n) is 16.5. The summed E-state index contributed by atoms with van der Waals surface area (Å²) in [5.74, 6) is -0.486. The monoisotopic (exact) mass is 433 g/mol. The van der Waals surface area contributed by atoms with E-state index < -0.39 is 15.9 Å². The quantitative estimate of drug-likeness (QED) is 0.693. The molecule has 0 aromatic heterocycles. The van der Waals surface area contributed by atoms with Crippen LogP contribution in [0.3, 0.4) is 0 Å². The highest BCUT2D eigenvalue weighted by molar-refractivity contribution is 7.92. The SMILES string of the molecule is Cc1ccc(N(CC(=O)NN=C2CCCC2)S(=O)(=O)c2ccc(Cl)cc2)cc1C. The van der Waals surface area contributed by atoms with Crippen molar-refractivity contribution in [3.8, 4) is 0 Å². The Bertz CT molecular complexity index is 1030. The van der Waals surface area contributed by atoms with Gasteiger partial charge in [-0.15, -0.1) is 0 Å². The van der Waals surface area contributed by atoms with Gasteiger partial charge in [0.25, 0.3) is 15.9 Å².